The number of aromatic nitrogens is 6. The molecule has 2 N–H and O–H groups in total. The van der Waals surface area contributed by atoms with E-state index >= 15 is 0 Å². The molecule has 0 fully saturated rings. The third-order valence-corrected chi connectivity index (χ3v) is 5.46. The number of fused-ring (bicyclic) bond motifs is 1. The number of hydrogen-bond acceptors (Lipinski definition) is 3. The van der Waals surface area contributed by atoms with Crippen molar-refractivity contribution >= 4 is 22.6 Å². The number of halogens is 4. The van der Waals surface area contributed by atoms with Gasteiger partial charge in [0.2, 0.25) is 5.95 Å². The summed E-state index contributed by atoms with van der Waals surface area (Å²) in [6.07, 6.45) is -1.06. The maximum Gasteiger partial charge on any atom is 0.416 e. The summed E-state index contributed by atoms with van der Waals surface area (Å²) in [7, 11) is 0. The van der Waals surface area contributed by atoms with Crippen molar-refractivity contribution < 1.29 is 13.2 Å². The summed E-state index contributed by atoms with van der Waals surface area (Å²) in [6.45, 7) is 0.355. The van der Waals surface area contributed by atoms with E-state index in [2.05, 4.69) is 20.2 Å². The molecule has 0 aliphatic rings. The van der Waals surface area contributed by atoms with Crippen LogP contribution >= 0.6 is 11.6 Å². The minimum Gasteiger partial charge on any atom is -0.322 e. The van der Waals surface area contributed by atoms with E-state index < -0.39 is 11.7 Å². The van der Waals surface area contributed by atoms with Gasteiger partial charge in [-0.05, 0) is 36.2 Å². The first-order chi connectivity index (χ1) is 15.8. The molecule has 0 amide bonds. The molecule has 0 aliphatic carbocycles. The number of para-hydroxylation sites is 2. The fourth-order valence-corrected chi connectivity index (χ4v) is 3.81. The zero-order valence-corrected chi connectivity index (χ0v) is 17.7. The molecule has 3 heterocycles. The summed E-state index contributed by atoms with van der Waals surface area (Å²) in [4.78, 5) is 20.9. The third kappa shape index (κ3) is 4.05. The Bertz CT molecular complexity index is 1460. The molecule has 5 rings (SSSR count). The number of nitrogens with zero attached hydrogens (tertiary/aromatic N) is 4. The van der Waals surface area contributed by atoms with Gasteiger partial charge < -0.3 is 4.98 Å². The normalized spacial score (nSPS) is 12.0. The molecule has 0 atom stereocenters. The van der Waals surface area contributed by atoms with Gasteiger partial charge in [0.1, 0.15) is 0 Å². The summed E-state index contributed by atoms with van der Waals surface area (Å²) in [5, 5.41) is 7.60. The van der Waals surface area contributed by atoms with Gasteiger partial charge in [0, 0.05) is 18.3 Å². The Balaban J connectivity index is 1.59. The zero-order valence-electron chi connectivity index (χ0n) is 16.9. The van der Waals surface area contributed by atoms with Crippen LogP contribution in [0.3, 0.4) is 0 Å². The monoisotopic (exact) mass is 472 g/mol. The number of H-pyrrole nitrogens is 2. The van der Waals surface area contributed by atoms with E-state index in [1.54, 1.807) is 10.9 Å². The van der Waals surface area contributed by atoms with Crippen LogP contribution in [0.5, 0.6) is 0 Å². The lowest BCUT2D eigenvalue weighted by Gasteiger charge is -2.08. The van der Waals surface area contributed by atoms with Crippen molar-refractivity contribution in [3.05, 3.63) is 87.4 Å². The lowest BCUT2D eigenvalue weighted by molar-refractivity contribution is -0.137. The van der Waals surface area contributed by atoms with Crippen LogP contribution < -0.4 is 5.56 Å². The molecular formula is C22H16ClF3N6O. The highest BCUT2D eigenvalue weighted by molar-refractivity contribution is 6.30. The van der Waals surface area contributed by atoms with Crippen molar-refractivity contribution in [3.63, 3.8) is 0 Å². The fourth-order valence-electron chi connectivity index (χ4n) is 3.65. The number of benzene rings is 2. The molecule has 3 aromatic heterocycles. The molecule has 7 nitrogen and oxygen atoms in total. The first-order valence-corrected chi connectivity index (χ1v) is 10.3. The van der Waals surface area contributed by atoms with Crippen LogP contribution in [0.25, 0.3) is 28.2 Å². The average molecular weight is 473 g/mol. The van der Waals surface area contributed by atoms with E-state index in [4.69, 9.17) is 11.6 Å². The van der Waals surface area contributed by atoms with Gasteiger partial charge in [0.05, 0.1) is 33.5 Å². The number of nitrogens with one attached hydrogen (secondary N) is 2. The van der Waals surface area contributed by atoms with Gasteiger partial charge in [-0.15, -0.1) is 0 Å². The van der Waals surface area contributed by atoms with Crippen molar-refractivity contribution in [1.29, 1.82) is 0 Å². The first-order valence-electron chi connectivity index (χ1n) is 9.94. The van der Waals surface area contributed by atoms with Crippen LogP contribution in [-0.2, 0) is 19.1 Å². The first kappa shape index (κ1) is 21.1. The number of alkyl halides is 3. The smallest absolute Gasteiger partial charge is 0.322 e. The Kier molecular flexibility index (Phi) is 5.09. The van der Waals surface area contributed by atoms with Crippen LogP contribution in [0.2, 0.25) is 5.02 Å². The third-order valence-electron chi connectivity index (χ3n) is 5.27. The molecule has 0 spiro atoms. The van der Waals surface area contributed by atoms with Gasteiger partial charge in [-0.1, -0.05) is 35.9 Å². The van der Waals surface area contributed by atoms with Crippen molar-refractivity contribution in [2.75, 3.05) is 0 Å². The molecule has 0 saturated heterocycles. The quantitative estimate of drug-likeness (QED) is 0.384. The Hall–Kier alpha value is -3.79. The maximum absolute atomic E-state index is 13.3. The van der Waals surface area contributed by atoms with Crippen molar-refractivity contribution in [1.82, 2.24) is 29.5 Å². The number of aryl methyl sites for hydroxylation is 1. The fraction of sp³-hybridized carbons (Fsp3) is 0.136. The summed E-state index contributed by atoms with van der Waals surface area (Å²) in [6, 6.07) is 12.0. The molecule has 5 aromatic rings. The molecule has 2 aromatic carbocycles. The Morgan fingerprint density at radius 2 is 1.82 bits per heavy atom. The topological polar surface area (TPSA) is 84.3 Å². The summed E-state index contributed by atoms with van der Waals surface area (Å²) in [5.41, 5.74) is 1.55. The minimum atomic E-state index is -4.45. The Morgan fingerprint density at radius 3 is 2.48 bits per heavy atom. The van der Waals surface area contributed by atoms with Crippen LogP contribution in [0.4, 0.5) is 13.2 Å². The largest absolute Gasteiger partial charge is 0.416 e. The van der Waals surface area contributed by atoms with Crippen molar-refractivity contribution in [3.8, 4) is 17.2 Å². The predicted octanol–water partition coefficient (Wildman–Crippen LogP) is 4.82. The molecule has 0 unspecified atom stereocenters. The van der Waals surface area contributed by atoms with E-state index in [9.17, 15) is 18.0 Å². The highest BCUT2D eigenvalue weighted by atomic mass is 35.5. The summed E-state index contributed by atoms with van der Waals surface area (Å²) < 4.78 is 41.9. The predicted molar refractivity (Wildman–Crippen MR) is 117 cm³/mol. The second kappa shape index (κ2) is 7.96. The van der Waals surface area contributed by atoms with Gasteiger partial charge in [-0.2, -0.15) is 23.0 Å². The van der Waals surface area contributed by atoms with Crippen LogP contribution in [0.1, 0.15) is 11.1 Å². The average Bonchev–Trinajstić information content (AvgIpc) is 3.48. The van der Waals surface area contributed by atoms with Crippen LogP contribution in [-0.4, -0.2) is 29.5 Å². The molecule has 0 bridgehead atoms. The van der Waals surface area contributed by atoms with E-state index in [-0.39, 0.29) is 17.9 Å². The van der Waals surface area contributed by atoms with Gasteiger partial charge in [-0.3, -0.25) is 14.6 Å². The van der Waals surface area contributed by atoms with Crippen molar-refractivity contribution in [2.45, 2.75) is 19.1 Å². The summed E-state index contributed by atoms with van der Waals surface area (Å²) in [5.74, 6) is 0.280. The maximum atomic E-state index is 13.3. The zero-order chi connectivity index (χ0) is 23.2. The number of hydrogen-bond donors (Lipinski definition) is 2. The molecule has 11 heteroatoms. The second-order valence-corrected chi connectivity index (χ2v) is 7.87. The van der Waals surface area contributed by atoms with Crippen molar-refractivity contribution in [2.24, 2.45) is 0 Å². The standard InChI is InChI=1S/C22H16ClF3N6O/c23-15-11-27-31(12-15)10-9-16-19(13-5-7-14(8-6-13)22(24,25)26)30-32(20(16)33)21-28-17-3-1-2-4-18(17)29-21/h1-8,11-12,30H,9-10H2,(H,28,29). The lowest BCUT2D eigenvalue weighted by atomic mass is 10.0. The molecule has 168 valence electrons. The second-order valence-electron chi connectivity index (χ2n) is 7.43. The molecule has 0 radical (unpaired) electrons. The van der Waals surface area contributed by atoms with Crippen LogP contribution in [0.15, 0.2) is 65.7 Å². The van der Waals surface area contributed by atoms with E-state index in [1.165, 1.54) is 23.0 Å². The highest BCUT2D eigenvalue weighted by Gasteiger charge is 2.30. The highest BCUT2D eigenvalue weighted by Crippen LogP contribution is 2.31. The Morgan fingerprint density at radius 1 is 1.06 bits per heavy atom. The van der Waals surface area contributed by atoms with Gasteiger partial charge >= 0.3 is 6.18 Å². The minimum absolute atomic E-state index is 0.275. The number of rotatable bonds is 5. The number of aromatic amines is 2. The molecule has 33 heavy (non-hydrogen) atoms. The lowest BCUT2D eigenvalue weighted by Crippen LogP contribution is -2.19. The Labute approximate surface area is 189 Å². The van der Waals surface area contributed by atoms with E-state index in [1.807, 2.05) is 24.3 Å². The SMILES string of the molecule is O=c1c(CCn2cc(Cl)cn2)c(-c2ccc(C(F)(F)F)cc2)[nH]n1-c1nc2ccccc2[nH]1. The van der Waals surface area contributed by atoms with Crippen LogP contribution in [0, 0.1) is 0 Å². The van der Waals surface area contributed by atoms with Gasteiger partial charge in [0.15, 0.2) is 0 Å². The summed E-state index contributed by atoms with van der Waals surface area (Å²) >= 11 is 5.92. The van der Waals surface area contributed by atoms with Gasteiger partial charge in [-0.25, -0.2) is 4.98 Å². The molecule has 0 aliphatic heterocycles. The number of imidazole rings is 1. The van der Waals surface area contributed by atoms with E-state index in [0.717, 1.165) is 17.6 Å². The molecular weight excluding hydrogens is 457 g/mol. The van der Waals surface area contributed by atoms with E-state index in [0.29, 0.717) is 33.9 Å². The molecule has 0 saturated carbocycles. The van der Waals surface area contributed by atoms with Gasteiger partial charge in [0.25, 0.3) is 5.56 Å².